The van der Waals surface area contributed by atoms with Crippen molar-refractivity contribution in [2.24, 2.45) is 0 Å². The van der Waals surface area contributed by atoms with Gasteiger partial charge in [-0.15, -0.1) is 0 Å². The van der Waals surface area contributed by atoms with Gasteiger partial charge in [0.25, 0.3) is 0 Å². The highest BCUT2D eigenvalue weighted by Gasteiger charge is 2.13. The van der Waals surface area contributed by atoms with Gasteiger partial charge in [0.2, 0.25) is 0 Å². The maximum Gasteiger partial charge on any atom is 0.148 e. The lowest BCUT2D eigenvalue weighted by Gasteiger charge is -2.15. The molecule has 0 spiro atoms. The van der Waals surface area contributed by atoms with Gasteiger partial charge in [0.1, 0.15) is 9.84 Å². The average Bonchev–Trinajstić information content (AvgIpc) is 2.64. The van der Waals surface area contributed by atoms with Crippen LogP contribution in [0.5, 0.6) is 0 Å². The van der Waals surface area contributed by atoms with Gasteiger partial charge in [0.15, 0.2) is 0 Å². The summed E-state index contributed by atoms with van der Waals surface area (Å²) in [6, 6.07) is 1.71. The lowest BCUT2D eigenvalue weighted by molar-refractivity contribution is 0.172. The van der Waals surface area contributed by atoms with Gasteiger partial charge in [-0.25, -0.2) is 8.42 Å². The van der Waals surface area contributed by atoms with E-state index in [0.717, 1.165) is 5.56 Å². The summed E-state index contributed by atoms with van der Waals surface area (Å²) in [6.07, 6.45) is 0.633. The monoisotopic (exact) mass is 263 g/mol. The summed E-state index contributed by atoms with van der Waals surface area (Å²) in [4.78, 5) is 0. The zero-order chi connectivity index (χ0) is 12.2. The Morgan fingerprint density at radius 2 is 2.25 bits per heavy atom. The van der Waals surface area contributed by atoms with E-state index in [1.54, 1.807) is 6.92 Å². The Bertz CT molecular complexity index is 400. The molecule has 92 valence electrons. The van der Waals surface area contributed by atoms with Crippen LogP contribution in [0.4, 0.5) is 0 Å². The second-order valence-corrected chi connectivity index (χ2v) is 6.94. The van der Waals surface area contributed by atoms with Crippen LogP contribution in [-0.4, -0.2) is 38.1 Å². The van der Waals surface area contributed by atoms with Crippen LogP contribution < -0.4 is 5.32 Å². The Hall–Kier alpha value is -0.430. The van der Waals surface area contributed by atoms with E-state index >= 15 is 0 Å². The van der Waals surface area contributed by atoms with E-state index < -0.39 is 15.9 Å². The number of sulfone groups is 1. The molecule has 0 radical (unpaired) electrons. The Morgan fingerprint density at radius 3 is 2.75 bits per heavy atom. The first kappa shape index (κ1) is 13.6. The number of thiophene rings is 1. The number of aliphatic hydroxyl groups is 1. The predicted octanol–water partition coefficient (Wildman–Crippen LogP) is 0.804. The third-order valence-electron chi connectivity index (χ3n) is 2.14. The Balaban J connectivity index is 2.35. The second-order valence-electron chi connectivity index (χ2n) is 3.97. The molecule has 16 heavy (non-hydrogen) atoms. The first-order valence-corrected chi connectivity index (χ1v) is 8.00. The zero-order valence-corrected chi connectivity index (χ0v) is 11.0. The molecule has 1 aromatic heterocycles. The zero-order valence-electron chi connectivity index (χ0n) is 9.38. The molecule has 0 aromatic carbocycles. The van der Waals surface area contributed by atoms with Crippen molar-refractivity contribution in [3.8, 4) is 0 Å². The first-order valence-electron chi connectivity index (χ1n) is 5.00. The van der Waals surface area contributed by atoms with Gasteiger partial charge in [-0.2, -0.15) is 11.3 Å². The van der Waals surface area contributed by atoms with Gasteiger partial charge >= 0.3 is 0 Å². The molecule has 6 heteroatoms. The van der Waals surface area contributed by atoms with E-state index in [0.29, 0.717) is 6.54 Å². The van der Waals surface area contributed by atoms with Crippen LogP contribution in [0.2, 0.25) is 0 Å². The van der Waals surface area contributed by atoms with Crippen molar-refractivity contribution in [2.75, 3.05) is 18.6 Å². The van der Waals surface area contributed by atoms with Crippen LogP contribution in [0.25, 0.3) is 0 Å². The summed E-state index contributed by atoms with van der Waals surface area (Å²) in [5.74, 6) is 0.0867. The molecule has 1 aromatic rings. The lowest BCUT2D eigenvalue weighted by Crippen LogP contribution is -2.35. The third-order valence-corrected chi connectivity index (χ3v) is 3.95. The van der Waals surface area contributed by atoms with Gasteiger partial charge < -0.3 is 10.4 Å². The lowest BCUT2D eigenvalue weighted by atomic mass is 10.2. The van der Waals surface area contributed by atoms with Crippen LogP contribution in [0.3, 0.4) is 0 Å². The highest BCUT2D eigenvalue weighted by atomic mass is 32.2. The molecular formula is C10H17NO3S2. The summed E-state index contributed by atoms with van der Waals surface area (Å²) in [5, 5.41) is 16.5. The fourth-order valence-corrected chi connectivity index (χ4v) is 3.14. The smallest absolute Gasteiger partial charge is 0.148 e. The Labute approximate surface area is 100 Å². The topological polar surface area (TPSA) is 66.4 Å². The molecule has 0 saturated carbocycles. The van der Waals surface area contributed by atoms with Gasteiger partial charge in [0, 0.05) is 18.8 Å². The molecule has 0 fully saturated rings. The van der Waals surface area contributed by atoms with Crippen LogP contribution in [0.1, 0.15) is 18.6 Å². The predicted molar refractivity (Wildman–Crippen MR) is 66.5 cm³/mol. The Morgan fingerprint density at radius 1 is 1.56 bits per heavy atom. The molecule has 0 amide bonds. The van der Waals surface area contributed by atoms with Crippen molar-refractivity contribution in [1.29, 1.82) is 0 Å². The minimum Gasteiger partial charge on any atom is -0.387 e. The van der Waals surface area contributed by atoms with Crippen molar-refractivity contribution in [3.63, 3.8) is 0 Å². The molecule has 4 nitrogen and oxygen atoms in total. The number of hydrogen-bond donors (Lipinski definition) is 2. The highest BCUT2D eigenvalue weighted by molar-refractivity contribution is 7.90. The number of aliphatic hydroxyl groups excluding tert-OH is 1. The summed E-state index contributed by atoms with van der Waals surface area (Å²) in [6.45, 7) is 2.16. The molecule has 0 aliphatic carbocycles. The molecule has 1 heterocycles. The number of nitrogens with one attached hydrogen (secondary N) is 1. The minimum absolute atomic E-state index is 0.0867. The van der Waals surface area contributed by atoms with E-state index in [4.69, 9.17) is 0 Å². The quantitative estimate of drug-likeness (QED) is 0.797. The summed E-state index contributed by atoms with van der Waals surface area (Å²) in [7, 11) is -2.97. The second kappa shape index (κ2) is 5.77. The van der Waals surface area contributed by atoms with E-state index in [1.165, 1.54) is 17.6 Å². The van der Waals surface area contributed by atoms with E-state index in [2.05, 4.69) is 5.32 Å². The maximum atomic E-state index is 11.0. The van der Waals surface area contributed by atoms with Gasteiger partial charge in [-0.1, -0.05) is 0 Å². The van der Waals surface area contributed by atoms with Crippen LogP contribution >= 0.6 is 11.3 Å². The Kier molecular flexibility index (Phi) is 4.91. The fourth-order valence-electron chi connectivity index (χ4n) is 1.41. The van der Waals surface area contributed by atoms with Crippen LogP contribution in [0, 0.1) is 0 Å². The van der Waals surface area contributed by atoms with Gasteiger partial charge in [-0.3, -0.25) is 0 Å². The van der Waals surface area contributed by atoms with Gasteiger partial charge in [0.05, 0.1) is 11.9 Å². The van der Waals surface area contributed by atoms with E-state index in [9.17, 15) is 13.5 Å². The van der Waals surface area contributed by atoms with E-state index in [1.807, 2.05) is 16.8 Å². The van der Waals surface area contributed by atoms with Crippen molar-refractivity contribution >= 4 is 21.2 Å². The molecule has 0 saturated heterocycles. The van der Waals surface area contributed by atoms with Crippen LogP contribution in [-0.2, 0) is 9.84 Å². The highest BCUT2D eigenvalue weighted by Crippen LogP contribution is 2.15. The van der Waals surface area contributed by atoms with Crippen molar-refractivity contribution < 1.29 is 13.5 Å². The first-order chi connectivity index (χ1) is 7.38. The summed E-state index contributed by atoms with van der Waals surface area (Å²) >= 11 is 1.53. The van der Waals surface area contributed by atoms with Crippen molar-refractivity contribution in [3.05, 3.63) is 22.4 Å². The average molecular weight is 263 g/mol. The number of rotatable bonds is 6. The number of hydrogen-bond acceptors (Lipinski definition) is 5. The van der Waals surface area contributed by atoms with Crippen LogP contribution in [0.15, 0.2) is 16.8 Å². The maximum absolute atomic E-state index is 11.0. The fraction of sp³-hybridized carbons (Fsp3) is 0.600. The standard InChI is InChI=1S/C10H17NO3S2/c1-8(7-16(2,13)14)11-5-10(12)9-3-4-15-6-9/h3-4,6,8,10-12H,5,7H2,1-2H3. The molecular weight excluding hydrogens is 246 g/mol. The third kappa shape index (κ3) is 5.07. The normalized spacial score (nSPS) is 15.9. The minimum atomic E-state index is -2.97. The van der Waals surface area contributed by atoms with Gasteiger partial charge in [-0.05, 0) is 29.3 Å². The van der Waals surface area contributed by atoms with E-state index in [-0.39, 0.29) is 11.8 Å². The summed E-state index contributed by atoms with van der Waals surface area (Å²) in [5.41, 5.74) is 0.865. The largest absolute Gasteiger partial charge is 0.387 e. The molecule has 0 aliphatic heterocycles. The molecule has 2 unspecified atom stereocenters. The van der Waals surface area contributed by atoms with Crippen molar-refractivity contribution in [1.82, 2.24) is 5.32 Å². The molecule has 0 aliphatic rings. The molecule has 1 rings (SSSR count). The SMILES string of the molecule is CC(CS(C)(=O)=O)NCC(O)c1ccsc1. The molecule has 0 bridgehead atoms. The molecule has 2 N–H and O–H groups in total. The van der Waals surface area contributed by atoms with Crippen molar-refractivity contribution in [2.45, 2.75) is 19.1 Å². The molecule has 2 atom stereocenters. The summed E-state index contributed by atoms with van der Waals surface area (Å²) < 4.78 is 22.0.